The van der Waals surface area contributed by atoms with Crippen LogP contribution in [0.3, 0.4) is 0 Å². The Balaban J connectivity index is 1.83. The summed E-state index contributed by atoms with van der Waals surface area (Å²) in [5, 5.41) is 0. The quantitative estimate of drug-likeness (QED) is 0.784. The lowest BCUT2D eigenvalue weighted by Gasteiger charge is -2.52. The lowest BCUT2D eigenvalue weighted by molar-refractivity contribution is -0.134. The summed E-state index contributed by atoms with van der Waals surface area (Å²) in [6, 6.07) is -0.839. The molecule has 5 nitrogen and oxygen atoms in total. The van der Waals surface area contributed by atoms with Gasteiger partial charge in [0.05, 0.1) is 17.9 Å². The van der Waals surface area contributed by atoms with Gasteiger partial charge in [0.15, 0.2) is 0 Å². The third kappa shape index (κ3) is 3.84. The third-order valence-corrected chi connectivity index (χ3v) is 5.32. The molecule has 4 atom stereocenters. The van der Waals surface area contributed by atoms with Gasteiger partial charge in [-0.25, -0.2) is 13.1 Å². The van der Waals surface area contributed by atoms with Crippen molar-refractivity contribution in [1.82, 2.24) is 4.72 Å². The number of halogens is 3. The van der Waals surface area contributed by atoms with Crippen LogP contribution in [0.25, 0.3) is 0 Å². The highest BCUT2D eigenvalue weighted by molar-refractivity contribution is 7.89. The molecule has 0 amide bonds. The fraction of sp³-hybridized carbons (Fsp3) is 1.00. The number of nitrogens with two attached hydrogens (primary N) is 1. The molecular weight excluding hydrogens is 297 g/mol. The van der Waals surface area contributed by atoms with Crippen molar-refractivity contribution >= 4 is 10.0 Å². The molecule has 1 saturated carbocycles. The van der Waals surface area contributed by atoms with Gasteiger partial charge in [0.1, 0.15) is 0 Å². The van der Waals surface area contributed by atoms with Crippen molar-refractivity contribution in [2.75, 3.05) is 12.4 Å². The Kier molecular flexibility index (Phi) is 4.63. The molecule has 2 aliphatic rings. The van der Waals surface area contributed by atoms with Crippen molar-refractivity contribution in [2.45, 2.75) is 50.0 Å². The maximum Gasteiger partial charge on any atom is 0.389 e. The molecule has 4 unspecified atom stereocenters. The summed E-state index contributed by atoms with van der Waals surface area (Å²) in [7, 11) is -3.76. The highest BCUT2D eigenvalue weighted by Crippen LogP contribution is 2.37. The van der Waals surface area contributed by atoms with Crippen molar-refractivity contribution in [2.24, 2.45) is 11.7 Å². The molecule has 2 fully saturated rings. The van der Waals surface area contributed by atoms with E-state index in [0.29, 0.717) is 6.61 Å². The molecule has 3 N–H and O–H groups in total. The van der Waals surface area contributed by atoms with Gasteiger partial charge in [0.25, 0.3) is 0 Å². The Morgan fingerprint density at radius 3 is 2.70 bits per heavy atom. The van der Waals surface area contributed by atoms with Crippen LogP contribution in [0.5, 0.6) is 0 Å². The van der Waals surface area contributed by atoms with Crippen molar-refractivity contribution in [3.05, 3.63) is 0 Å². The second-order valence-corrected chi connectivity index (χ2v) is 7.27. The van der Waals surface area contributed by atoms with Crippen molar-refractivity contribution in [3.8, 4) is 0 Å². The largest absolute Gasteiger partial charge is 0.389 e. The minimum Gasteiger partial charge on any atom is -0.376 e. The maximum atomic E-state index is 12.0. The van der Waals surface area contributed by atoms with E-state index in [-0.39, 0.29) is 18.1 Å². The van der Waals surface area contributed by atoms with Crippen LogP contribution in [-0.2, 0) is 14.8 Å². The summed E-state index contributed by atoms with van der Waals surface area (Å²) in [5.41, 5.74) is 5.90. The van der Waals surface area contributed by atoms with Gasteiger partial charge >= 0.3 is 6.18 Å². The van der Waals surface area contributed by atoms with Gasteiger partial charge in [-0.2, -0.15) is 13.2 Å². The van der Waals surface area contributed by atoms with E-state index in [1.165, 1.54) is 0 Å². The van der Waals surface area contributed by atoms with E-state index < -0.39 is 40.8 Å². The van der Waals surface area contributed by atoms with E-state index in [1.54, 1.807) is 0 Å². The lowest BCUT2D eigenvalue weighted by Crippen LogP contribution is -2.72. The monoisotopic (exact) mass is 316 g/mol. The first-order valence-electron chi connectivity index (χ1n) is 6.63. The lowest BCUT2D eigenvalue weighted by atomic mass is 9.69. The van der Waals surface area contributed by atoms with E-state index in [9.17, 15) is 21.6 Å². The van der Waals surface area contributed by atoms with E-state index in [4.69, 9.17) is 10.5 Å². The number of sulfonamides is 1. The van der Waals surface area contributed by atoms with Gasteiger partial charge < -0.3 is 10.5 Å². The predicted octanol–water partition coefficient (Wildman–Crippen LogP) is 0.753. The molecule has 1 aliphatic carbocycles. The zero-order valence-electron chi connectivity index (χ0n) is 10.9. The van der Waals surface area contributed by atoms with Crippen LogP contribution < -0.4 is 10.5 Å². The Morgan fingerprint density at radius 1 is 1.35 bits per heavy atom. The van der Waals surface area contributed by atoms with Crippen LogP contribution in [0.1, 0.15) is 25.7 Å². The third-order valence-electron chi connectivity index (χ3n) is 3.87. The zero-order chi connectivity index (χ0) is 15.0. The van der Waals surface area contributed by atoms with Crippen molar-refractivity contribution < 1.29 is 26.3 Å². The van der Waals surface area contributed by atoms with Gasteiger partial charge in [0.2, 0.25) is 10.0 Å². The average molecular weight is 316 g/mol. The van der Waals surface area contributed by atoms with Crippen LogP contribution in [0, 0.1) is 5.92 Å². The average Bonchev–Trinajstić information content (AvgIpc) is 2.34. The van der Waals surface area contributed by atoms with Gasteiger partial charge in [-0.3, -0.25) is 0 Å². The number of nitrogens with one attached hydrogen (secondary N) is 1. The fourth-order valence-electron chi connectivity index (χ4n) is 2.82. The van der Waals surface area contributed by atoms with Crippen LogP contribution in [-0.4, -0.2) is 45.1 Å². The highest BCUT2D eigenvalue weighted by atomic mass is 32.2. The van der Waals surface area contributed by atoms with Gasteiger partial charge in [-0.15, -0.1) is 0 Å². The molecule has 0 bridgehead atoms. The molecule has 2 rings (SSSR count). The molecule has 0 radical (unpaired) electrons. The van der Waals surface area contributed by atoms with Crippen LogP contribution >= 0.6 is 0 Å². The number of rotatable bonds is 5. The summed E-state index contributed by atoms with van der Waals surface area (Å²) in [6.45, 7) is 0.570. The molecule has 1 saturated heterocycles. The van der Waals surface area contributed by atoms with E-state index in [1.807, 2.05) is 0 Å². The highest BCUT2D eigenvalue weighted by Gasteiger charge is 2.51. The van der Waals surface area contributed by atoms with E-state index in [0.717, 1.165) is 12.8 Å². The fourth-order valence-corrected chi connectivity index (χ4v) is 4.17. The number of hydrogen-bond acceptors (Lipinski definition) is 4. The molecule has 0 spiro atoms. The number of fused-ring (bicyclic) bond motifs is 1. The number of alkyl halides is 3. The topological polar surface area (TPSA) is 81.4 Å². The first kappa shape index (κ1) is 16.0. The standard InChI is InChI=1S/C11H19F3N2O3S/c12-11(13,14)4-2-6-20(17,18)16-9-8(15)7-3-1-5-19-10(7)9/h7-10,16H,1-6,15H2. The van der Waals surface area contributed by atoms with Gasteiger partial charge in [-0.05, 0) is 19.3 Å². The van der Waals surface area contributed by atoms with Gasteiger partial charge in [0, 0.05) is 25.0 Å². The molecular formula is C11H19F3N2O3S. The second-order valence-electron chi connectivity index (χ2n) is 5.40. The minimum atomic E-state index is -4.33. The molecule has 1 heterocycles. The summed E-state index contributed by atoms with van der Waals surface area (Å²) in [4.78, 5) is 0. The molecule has 20 heavy (non-hydrogen) atoms. The van der Waals surface area contributed by atoms with E-state index >= 15 is 0 Å². The van der Waals surface area contributed by atoms with Crippen LogP contribution in [0.15, 0.2) is 0 Å². The number of ether oxygens (including phenoxy) is 1. The molecule has 1 aliphatic heterocycles. The summed E-state index contributed by atoms with van der Waals surface area (Å²) in [5.74, 6) is -0.403. The molecule has 118 valence electrons. The summed E-state index contributed by atoms with van der Waals surface area (Å²) in [6.07, 6.45) is -4.32. The van der Waals surface area contributed by atoms with E-state index in [2.05, 4.69) is 4.72 Å². The Morgan fingerprint density at radius 2 is 2.05 bits per heavy atom. The van der Waals surface area contributed by atoms with Crippen molar-refractivity contribution in [1.29, 1.82) is 0 Å². The normalized spacial score (nSPS) is 34.4. The van der Waals surface area contributed by atoms with Crippen molar-refractivity contribution in [3.63, 3.8) is 0 Å². The van der Waals surface area contributed by atoms with Crippen LogP contribution in [0.2, 0.25) is 0 Å². The molecule has 0 aromatic heterocycles. The Labute approximate surface area is 116 Å². The smallest absolute Gasteiger partial charge is 0.376 e. The number of hydrogen-bond donors (Lipinski definition) is 2. The first-order valence-corrected chi connectivity index (χ1v) is 8.29. The molecule has 9 heteroatoms. The van der Waals surface area contributed by atoms with Crippen LogP contribution in [0.4, 0.5) is 13.2 Å². The second kappa shape index (κ2) is 5.78. The minimum absolute atomic E-state index is 0.145. The SMILES string of the molecule is NC1C2CCCOC2C1NS(=O)(=O)CCCC(F)(F)F. The Hall–Kier alpha value is -0.380. The van der Waals surface area contributed by atoms with Gasteiger partial charge in [-0.1, -0.05) is 0 Å². The predicted molar refractivity (Wildman–Crippen MR) is 66.4 cm³/mol. The summed E-state index contributed by atoms with van der Waals surface area (Å²) >= 11 is 0. The molecule has 0 aromatic rings. The maximum absolute atomic E-state index is 12.0. The first-order chi connectivity index (χ1) is 9.20. The summed E-state index contributed by atoms with van der Waals surface area (Å²) < 4.78 is 67.4. The molecule has 0 aromatic carbocycles. The Bertz CT molecular complexity index is 441. The zero-order valence-corrected chi connectivity index (χ0v) is 11.7.